The molecule has 1 aromatic carbocycles. The van der Waals surface area contributed by atoms with Crippen molar-refractivity contribution in [2.24, 2.45) is 0 Å². The summed E-state index contributed by atoms with van der Waals surface area (Å²) in [5.74, 6) is 0.722. The molecule has 0 N–H and O–H groups in total. The fraction of sp³-hybridized carbons (Fsp3) is 0.412. The summed E-state index contributed by atoms with van der Waals surface area (Å²) in [6.45, 7) is 7.35. The normalized spacial score (nSPS) is 10.6. The molecule has 2 rings (SSSR count). The molecule has 0 bridgehead atoms. The molecule has 1 aromatic heterocycles. The molecule has 0 unspecified atom stereocenters. The van der Waals surface area contributed by atoms with E-state index >= 15 is 0 Å². The minimum absolute atomic E-state index is 0.0660. The zero-order valence-electron chi connectivity index (χ0n) is 12.9. The van der Waals surface area contributed by atoms with Gasteiger partial charge < -0.3 is 4.74 Å². The van der Waals surface area contributed by atoms with Crippen LogP contribution < -0.4 is 4.74 Å². The van der Waals surface area contributed by atoms with Gasteiger partial charge in [-0.05, 0) is 38.5 Å². The lowest BCUT2D eigenvalue weighted by molar-refractivity contribution is 0.0987. The highest BCUT2D eigenvalue weighted by molar-refractivity contribution is 5.99. The van der Waals surface area contributed by atoms with Crippen LogP contribution in [0.3, 0.4) is 0 Å². The van der Waals surface area contributed by atoms with Crippen molar-refractivity contribution in [1.29, 1.82) is 0 Å². The molecule has 0 fully saturated rings. The fourth-order valence-electron chi connectivity index (χ4n) is 2.34. The minimum Gasteiger partial charge on any atom is -0.493 e. The maximum Gasteiger partial charge on any atom is 0.172 e. The smallest absolute Gasteiger partial charge is 0.172 e. The van der Waals surface area contributed by atoms with Crippen LogP contribution >= 0.6 is 0 Å². The molecule has 0 amide bonds. The minimum atomic E-state index is 0.0660. The molecule has 0 aliphatic carbocycles. The lowest BCUT2D eigenvalue weighted by Crippen LogP contribution is -2.11. The lowest BCUT2D eigenvalue weighted by atomic mass is 10.1. The number of ether oxygens (including phenoxy) is 1. The summed E-state index contributed by atoms with van der Waals surface area (Å²) in [5.41, 5.74) is 2.63. The fourth-order valence-corrected chi connectivity index (χ4v) is 2.34. The first-order chi connectivity index (χ1) is 10.2. The van der Waals surface area contributed by atoms with Gasteiger partial charge in [-0.3, -0.25) is 9.48 Å². The number of aromatic nitrogens is 2. The van der Waals surface area contributed by atoms with E-state index in [1.807, 2.05) is 48.9 Å². The van der Waals surface area contributed by atoms with Crippen LogP contribution in [0.2, 0.25) is 0 Å². The van der Waals surface area contributed by atoms with Gasteiger partial charge in [-0.2, -0.15) is 5.10 Å². The summed E-state index contributed by atoms with van der Waals surface area (Å²) in [4.78, 5) is 12.6. The second-order valence-electron chi connectivity index (χ2n) is 4.83. The van der Waals surface area contributed by atoms with E-state index in [1.165, 1.54) is 0 Å². The van der Waals surface area contributed by atoms with Gasteiger partial charge in [-0.15, -0.1) is 0 Å². The molecule has 0 radical (unpaired) electrons. The second kappa shape index (κ2) is 7.07. The standard InChI is InChI=1S/C17H22N2O2/c1-4-13-11-14(19(5-2)18-13)12-16(20)15-9-7-8-10-17(15)21-6-3/h7-11H,4-6,12H2,1-3H3. The van der Waals surface area contributed by atoms with Gasteiger partial charge in [0.15, 0.2) is 5.78 Å². The molecule has 4 nitrogen and oxygen atoms in total. The van der Waals surface area contributed by atoms with Crippen LogP contribution in [0.25, 0.3) is 0 Å². The Morgan fingerprint density at radius 2 is 2.00 bits per heavy atom. The Labute approximate surface area is 125 Å². The van der Waals surface area contributed by atoms with E-state index in [-0.39, 0.29) is 5.78 Å². The van der Waals surface area contributed by atoms with E-state index in [9.17, 15) is 4.79 Å². The Morgan fingerprint density at radius 1 is 1.24 bits per heavy atom. The van der Waals surface area contributed by atoms with Crippen molar-refractivity contribution in [3.05, 3.63) is 47.3 Å². The summed E-state index contributed by atoms with van der Waals surface area (Å²) < 4.78 is 7.44. The number of carbonyl (C=O) groups is 1. The number of Topliss-reactive ketones (excluding diaryl/α,β-unsaturated/α-hetero) is 1. The highest BCUT2D eigenvalue weighted by atomic mass is 16.5. The molecule has 0 saturated heterocycles. The number of para-hydroxylation sites is 1. The predicted molar refractivity (Wildman–Crippen MR) is 82.9 cm³/mol. The molecular weight excluding hydrogens is 264 g/mol. The monoisotopic (exact) mass is 286 g/mol. The third kappa shape index (κ3) is 3.51. The van der Waals surface area contributed by atoms with Gasteiger partial charge in [0, 0.05) is 12.2 Å². The number of aryl methyl sites for hydroxylation is 2. The molecule has 0 aliphatic rings. The van der Waals surface area contributed by atoms with Crippen molar-refractivity contribution < 1.29 is 9.53 Å². The molecule has 2 aromatic rings. The van der Waals surface area contributed by atoms with Gasteiger partial charge in [0.05, 0.1) is 24.3 Å². The lowest BCUT2D eigenvalue weighted by Gasteiger charge is -2.09. The SMILES string of the molecule is CCOc1ccccc1C(=O)Cc1cc(CC)nn1CC. The molecule has 0 saturated carbocycles. The first-order valence-electron chi connectivity index (χ1n) is 7.50. The number of rotatable bonds is 7. The summed E-state index contributed by atoms with van der Waals surface area (Å²) >= 11 is 0. The van der Waals surface area contributed by atoms with E-state index in [2.05, 4.69) is 12.0 Å². The van der Waals surface area contributed by atoms with E-state index in [1.54, 1.807) is 0 Å². The third-order valence-corrected chi connectivity index (χ3v) is 3.40. The van der Waals surface area contributed by atoms with Gasteiger partial charge in [0.2, 0.25) is 0 Å². The number of nitrogens with zero attached hydrogens (tertiary/aromatic N) is 2. The largest absolute Gasteiger partial charge is 0.493 e. The number of hydrogen-bond donors (Lipinski definition) is 0. The van der Waals surface area contributed by atoms with Crippen LogP contribution in [0.4, 0.5) is 0 Å². The Hall–Kier alpha value is -2.10. The molecule has 0 atom stereocenters. The van der Waals surface area contributed by atoms with Crippen molar-refractivity contribution in [3.8, 4) is 5.75 Å². The average molecular weight is 286 g/mol. The quantitative estimate of drug-likeness (QED) is 0.734. The van der Waals surface area contributed by atoms with Gasteiger partial charge >= 0.3 is 0 Å². The third-order valence-electron chi connectivity index (χ3n) is 3.40. The molecule has 4 heteroatoms. The number of hydrogen-bond acceptors (Lipinski definition) is 3. The van der Waals surface area contributed by atoms with Crippen LogP contribution in [-0.2, 0) is 19.4 Å². The van der Waals surface area contributed by atoms with Crippen molar-refractivity contribution in [1.82, 2.24) is 9.78 Å². The number of benzene rings is 1. The van der Waals surface area contributed by atoms with Gasteiger partial charge in [-0.1, -0.05) is 19.1 Å². The molecule has 1 heterocycles. The van der Waals surface area contributed by atoms with E-state index in [4.69, 9.17) is 4.74 Å². The summed E-state index contributed by atoms with van der Waals surface area (Å²) in [6.07, 6.45) is 1.23. The van der Waals surface area contributed by atoms with Crippen molar-refractivity contribution in [3.63, 3.8) is 0 Å². The highest BCUT2D eigenvalue weighted by Gasteiger charge is 2.15. The molecule has 0 spiro atoms. The topological polar surface area (TPSA) is 44.1 Å². The number of ketones is 1. The van der Waals surface area contributed by atoms with E-state index in [0.717, 1.165) is 24.4 Å². The number of carbonyl (C=O) groups excluding carboxylic acids is 1. The van der Waals surface area contributed by atoms with Crippen LogP contribution in [-0.4, -0.2) is 22.2 Å². The first kappa shape index (κ1) is 15.3. The zero-order chi connectivity index (χ0) is 15.2. The predicted octanol–water partition coefficient (Wildman–Crippen LogP) is 3.29. The van der Waals surface area contributed by atoms with E-state index < -0.39 is 0 Å². The molecule has 21 heavy (non-hydrogen) atoms. The van der Waals surface area contributed by atoms with Crippen LogP contribution in [0, 0.1) is 0 Å². The second-order valence-corrected chi connectivity index (χ2v) is 4.83. The Balaban J connectivity index is 2.24. The Morgan fingerprint density at radius 3 is 2.67 bits per heavy atom. The van der Waals surface area contributed by atoms with Gasteiger partial charge in [-0.25, -0.2) is 0 Å². The maximum atomic E-state index is 12.6. The first-order valence-corrected chi connectivity index (χ1v) is 7.50. The van der Waals surface area contributed by atoms with Crippen LogP contribution in [0.5, 0.6) is 5.75 Å². The summed E-state index contributed by atoms with van der Waals surface area (Å²) in [6, 6.07) is 9.42. The van der Waals surface area contributed by atoms with Gasteiger partial charge in [0.1, 0.15) is 5.75 Å². The van der Waals surface area contributed by atoms with Crippen LogP contribution in [0.1, 0.15) is 42.5 Å². The highest BCUT2D eigenvalue weighted by Crippen LogP contribution is 2.20. The van der Waals surface area contributed by atoms with Crippen LogP contribution in [0.15, 0.2) is 30.3 Å². The maximum absolute atomic E-state index is 12.6. The summed E-state index contributed by atoms with van der Waals surface area (Å²) in [7, 11) is 0. The van der Waals surface area contributed by atoms with Crippen molar-refractivity contribution in [2.45, 2.75) is 40.2 Å². The molecule has 112 valence electrons. The zero-order valence-corrected chi connectivity index (χ0v) is 12.9. The Kier molecular flexibility index (Phi) is 5.14. The Bertz CT molecular complexity index is 617. The molecule has 0 aliphatic heterocycles. The van der Waals surface area contributed by atoms with E-state index in [0.29, 0.717) is 24.3 Å². The van der Waals surface area contributed by atoms with Crippen molar-refractivity contribution >= 4 is 5.78 Å². The average Bonchev–Trinajstić information content (AvgIpc) is 2.90. The van der Waals surface area contributed by atoms with Crippen molar-refractivity contribution in [2.75, 3.05) is 6.61 Å². The van der Waals surface area contributed by atoms with Gasteiger partial charge in [0.25, 0.3) is 0 Å². The summed E-state index contributed by atoms with van der Waals surface area (Å²) in [5, 5.41) is 4.49. The molecular formula is C17H22N2O2.